The molecule has 0 saturated carbocycles. The molecule has 3 heterocycles. The first-order valence-corrected chi connectivity index (χ1v) is 10.6. The number of aryl methyl sites for hydroxylation is 2. The van der Waals surface area contributed by atoms with Crippen molar-refractivity contribution >= 4 is 23.3 Å². The molecule has 0 bridgehead atoms. The lowest BCUT2D eigenvalue weighted by atomic mass is 9.89. The summed E-state index contributed by atoms with van der Waals surface area (Å²) in [6.07, 6.45) is 1.57. The third kappa shape index (κ3) is 4.44. The first-order valence-electron chi connectivity index (χ1n) is 10.2. The van der Waals surface area contributed by atoms with Gasteiger partial charge in [-0.2, -0.15) is 4.98 Å². The molecule has 0 spiro atoms. The van der Waals surface area contributed by atoms with Gasteiger partial charge in [-0.05, 0) is 43.2 Å². The fourth-order valence-electron chi connectivity index (χ4n) is 3.64. The monoisotopic (exact) mass is 459 g/mol. The molecule has 8 nitrogen and oxygen atoms in total. The Bertz CT molecular complexity index is 1140. The molecule has 3 aromatic rings. The fourth-order valence-corrected chi connectivity index (χ4v) is 3.98. The Balaban J connectivity index is 1.43. The number of aliphatic hydroxyl groups is 1. The Hall–Kier alpha value is -3.04. The highest BCUT2D eigenvalue weighted by Gasteiger charge is 2.40. The summed E-state index contributed by atoms with van der Waals surface area (Å²) in [6, 6.07) is 6.96. The maximum Gasteiger partial charge on any atom is 0.321 e. The number of nitrogens with zero attached hydrogens (tertiary/aromatic N) is 4. The van der Waals surface area contributed by atoms with E-state index in [9.17, 15) is 4.79 Å². The van der Waals surface area contributed by atoms with Crippen LogP contribution in [0.25, 0.3) is 11.5 Å². The number of amides is 2. The van der Waals surface area contributed by atoms with Crippen molar-refractivity contribution in [3.8, 4) is 11.5 Å². The average molecular weight is 460 g/mol. The molecule has 1 saturated heterocycles. The number of rotatable bonds is 4. The largest absolute Gasteiger partial charge is 0.388 e. The highest BCUT2D eigenvalue weighted by atomic mass is 35.5. The Morgan fingerprint density at radius 3 is 2.66 bits per heavy atom. The van der Waals surface area contributed by atoms with Crippen molar-refractivity contribution in [2.24, 2.45) is 0 Å². The number of likely N-dealkylation sites (tertiary alicyclic amines) is 1. The van der Waals surface area contributed by atoms with E-state index in [0.29, 0.717) is 11.3 Å². The Morgan fingerprint density at radius 1 is 1.28 bits per heavy atom. The van der Waals surface area contributed by atoms with E-state index in [0.717, 1.165) is 11.1 Å². The summed E-state index contributed by atoms with van der Waals surface area (Å²) < 4.78 is 20.8. The lowest BCUT2D eigenvalue weighted by Crippen LogP contribution is -2.45. The van der Waals surface area contributed by atoms with Crippen LogP contribution >= 0.6 is 11.6 Å². The summed E-state index contributed by atoms with van der Waals surface area (Å²) in [4.78, 5) is 22.4. The predicted molar refractivity (Wildman–Crippen MR) is 117 cm³/mol. The number of nitrogens with one attached hydrogen (secondary N) is 1. The molecule has 1 aromatic carbocycles. The topological polar surface area (TPSA) is 104 Å². The number of aliphatic hydroxyl groups excluding tert-OH is 1. The standard InChI is InChI=1S/C22H23ClFN5O3/c1-13-3-4-16(9-14(13)2)26-21(31)29-7-5-22(24,6-8-29)19-17(23)10-15(11-25-19)20-27-18(12-30)28-32-20/h3-4,9-11,30H,5-8,12H2,1-2H3,(H,26,31). The van der Waals surface area contributed by atoms with Crippen molar-refractivity contribution < 1.29 is 18.8 Å². The van der Waals surface area contributed by atoms with Gasteiger partial charge in [-0.3, -0.25) is 4.98 Å². The maximum absolute atomic E-state index is 15.7. The first kappa shape index (κ1) is 22.2. The van der Waals surface area contributed by atoms with Crippen LogP contribution in [0.4, 0.5) is 14.9 Å². The van der Waals surface area contributed by atoms with E-state index >= 15 is 4.39 Å². The van der Waals surface area contributed by atoms with Crippen molar-refractivity contribution in [2.45, 2.75) is 39.0 Å². The van der Waals surface area contributed by atoms with Crippen LogP contribution in [0, 0.1) is 13.8 Å². The van der Waals surface area contributed by atoms with Crippen LogP contribution in [0.1, 0.15) is 35.5 Å². The number of alkyl halides is 1. The quantitative estimate of drug-likeness (QED) is 0.599. The SMILES string of the molecule is Cc1ccc(NC(=O)N2CCC(F)(c3ncc(-c4nc(CO)no4)cc3Cl)CC2)cc1C. The summed E-state index contributed by atoms with van der Waals surface area (Å²) in [7, 11) is 0. The molecule has 0 atom stereocenters. The highest BCUT2D eigenvalue weighted by molar-refractivity contribution is 6.31. The predicted octanol–water partition coefficient (Wildman–Crippen LogP) is 4.39. The van der Waals surface area contributed by atoms with E-state index in [1.54, 1.807) is 4.90 Å². The van der Waals surface area contributed by atoms with Gasteiger partial charge in [0.1, 0.15) is 6.61 Å². The number of halogens is 2. The maximum atomic E-state index is 15.7. The van der Waals surface area contributed by atoms with Gasteiger partial charge in [-0.1, -0.05) is 22.8 Å². The highest BCUT2D eigenvalue weighted by Crippen LogP contribution is 2.40. The number of carbonyl (C=O) groups excluding carboxylic acids is 1. The van der Waals surface area contributed by atoms with Crippen LogP contribution in [0.15, 0.2) is 35.0 Å². The van der Waals surface area contributed by atoms with Gasteiger partial charge in [-0.25, -0.2) is 9.18 Å². The van der Waals surface area contributed by atoms with Crippen molar-refractivity contribution in [1.29, 1.82) is 0 Å². The Morgan fingerprint density at radius 2 is 2.03 bits per heavy atom. The van der Waals surface area contributed by atoms with Gasteiger partial charge in [-0.15, -0.1) is 0 Å². The van der Waals surface area contributed by atoms with Crippen LogP contribution in [0.3, 0.4) is 0 Å². The number of pyridine rings is 1. The Labute approximate surface area is 189 Å². The first-order chi connectivity index (χ1) is 15.3. The molecule has 2 N–H and O–H groups in total. The van der Waals surface area contributed by atoms with E-state index in [1.807, 2.05) is 32.0 Å². The summed E-state index contributed by atoms with van der Waals surface area (Å²) in [6.45, 7) is 4.10. The molecule has 1 aliphatic heterocycles. The second-order valence-electron chi connectivity index (χ2n) is 7.91. The normalized spacial score (nSPS) is 15.6. The smallest absolute Gasteiger partial charge is 0.321 e. The zero-order valence-corrected chi connectivity index (χ0v) is 18.5. The van der Waals surface area contributed by atoms with Crippen molar-refractivity contribution in [3.05, 3.63) is 58.1 Å². The van der Waals surface area contributed by atoms with Crippen LogP contribution in [-0.2, 0) is 12.3 Å². The zero-order chi connectivity index (χ0) is 22.9. The molecule has 2 amide bonds. The fraction of sp³-hybridized carbons (Fsp3) is 0.364. The molecule has 1 fully saturated rings. The van der Waals surface area contributed by atoms with E-state index in [4.69, 9.17) is 21.2 Å². The zero-order valence-electron chi connectivity index (χ0n) is 17.7. The molecule has 0 radical (unpaired) electrons. The van der Waals surface area contributed by atoms with E-state index in [-0.39, 0.29) is 61.0 Å². The number of piperidine rings is 1. The van der Waals surface area contributed by atoms with Crippen molar-refractivity contribution in [1.82, 2.24) is 20.0 Å². The second kappa shape index (κ2) is 8.84. The number of hydrogen-bond donors (Lipinski definition) is 2. The van der Waals surface area contributed by atoms with Crippen molar-refractivity contribution in [3.63, 3.8) is 0 Å². The molecule has 168 valence electrons. The van der Waals surface area contributed by atoms with Gasteiger partial charge in [0.2, 0.25) is 0 Å². The minimum absolute atomic E-state index is 0.0780. The number of hydrogen-bond acceptors (Lipinski definition) is 6. The van der Waals surface area contributed by atoms with Gasteiger partial charge >= 0.3 is 6.03 Å². The minimum Gasteiger partial charge on any atom is -0.388 e. The number of carbonyl (C=O) groups is 1. The molecule has 2 aromatic heterocycles. The van der Waals surface area contributed by atoms with E-state index in [1.165, 1.54) is 12.3 Å². The van der Waals surface area contributed by atoms with Gasteiger partial charge in [0, 0.05) is 37.8 Å². The van der Waals surface area contributed by atoms with Crippen LogP contribution < -0.4 is 5.32 Å². The van der Waals surface area contributed by atoms with E-state index < -0.39 is 5.67 Å². The summed E-state index contributed by atoms with van der Waals surface area (Å²) in [5, 5.41) is 15.7. The molecule has 1 aliphatic rings. The number of aromatic nitrogens is 3. The lowest BCUT2D eigenvalue weighted by Gasteiger charge is -2.36. The summed E-state index contributed by atoms with van der Waals surface area (Å²) >= 11 is 6.34. The van der Waals surface area contributed by atoms with Gasteiger partial charge < -0.3 is 19.8 Å². The average Bonchev–Trinajstić information content (AvgIpc) is 3.26. The van der Waals surface area contributed by atoms with Gasteiger partial charge in [0.25, 0.3) is 5.89 Å². The molecule has 32 heavy (non-hydrogen) atoms. The van der Waals surface area contributed by atoms with E-state index in [2.05, 4.69) is 20.4 Å². The summed E-state index contributed by atoms with van der Waals surface area (Å²) in [5.41, 5.74) is 1.74. The molecule has 0 aliphatic carbocycles. The van der Waals surface area contributed by atoms with Crippen molar-refractivity contribution in [2.75, 3.05) is 18.4 Å². The molecular formula is C22H23ClFN5O3. The minimum atomic E-state index is -1.75. The van der Waals surface area contributed by atoms with Gasteiger partial charge in [0.05, 0.1) is 16.3 Å². The number of urea groups is 1. The third-order valence-corrected chi connectivity index (χ3v) is 6.01. The van der Waals surface area contributed by atoms with Gasteiger partial charge in [0.15, 0.2) is 11.5 Å². The molecule has 10 heteroatoms. The van der Waals surface area contributed by atoms with Crippen LogP contribution in [-0.4, -0.2) is 44.3 Å². The number of anilines is 1. The molecule has 4 rings (SSSR count). The number of benzene rings is 1. The lowest BCUT2D eigenvalue weighted by molar-refractivity contribution is 0.0684. The molecule has 0 unspecified atom stereocenters. The Kier molecular flexibility index (Phi) is 6.12. The summed E-state index contributed by atoms with van der Waals surface area (Å²) in [5.74, 6) is 0.273. The second-order valence-corrected chi connectivity index (χ2v) is 8.32. The van der Waals surface area contributed by atoms with Crippen LogP contribution in [0.2, 0.25) is 5.02 Å². The molecular weight excluding hydrogens is 437 g/mol. The third-order valence-electron chi connectivity index (χ3n) is 5.72. The van der Waals surface area contributed by atoms with Crippen LogP contribution in [0.5, 0.6) is 0 Å².